The van der Waals surface area contributed by atoms with Crippen LogP contribution in [0.5, 0.6) is 0 Å². The van der Waals surface area contributed by atoms with Crippen molar-refractivity contribution in [2.75, 3.05) is 11.9 Å². The molecule has 0 unspecified atom stereocenters. The molecule has 0 radical (unpaired) electrons. The maximum Gasteiger partial charge on any atom is 0.0835 e. The second-order valence-corrected chi connectivity index (χ2v) is 6.12. The number of halogens is 3. The molecule has 0 amide bonds. The third kappa shape index (κ3) is 3.08. The van der Waals surface area contributed by atoms with Crippen LogP contribution < -0.4 is 5.32 Å². The van der Waals surface area contributed by atoms with Crippen molar-refractivity contribution in [1.29, 1.82) is 0 Å². The van der Waals surface area contributed by atoms with Crippen LogP contribution in [0.25, 0.3) is 0 Å². The first-order valence-corrected chi connectivity index (χ1v) is 7.16. The summed E-state index contributed by atoms with van der Waals surface area (Å²) in [5, 5.41) is 14.4. The van der Waals surface area contributed by atoms with Crippen molar-refractivity contribution >= 4 is 44.8 Å². The highest BCUT2D eigenvalue weighted by atomic mass is 79.9. The summed E-state index contributed by atoms with van der Waals surface area (Å²) in [5.74, 6) is 0. The lowest BCUT2D eigenvalue weighted by molar-refractivity contribution is 0.0615. The third-order valence-corrected chi connectivity index (χ3v) is 4.95. The van der Waals surface area contributed by atoms with Gasteiger partial charge < -0.3 is 10.4 Å². The Balaban J connectivity index is 2.06. The Morgan fingerprint density at radius 1 is 1.24 bits per heavy atom. The van der Waals surface area contributed by atoms with Crippen molar-refractivity contribution in [2.24, 2.45) is 0 Å². The SMILES string of the molecule is OC1(CNc2ccc(Br)c(Cl)c2Cl)CCCC1. The fourth-order valence-corrected chi connectivity index (χ4v) is 2.97. The molecule has 2 nitrogen and oxygen atoms in total. The second-order valence-electron chi connectivity index (χ2n) is 4.51. The lowest BCUT2D eigenvalue weighted by Gasteiger charge is -2.23. The molecule has 94 valence electrons. The monoisotopic (exact) mass is 337 g/mol. The Morgan fingerprint density at radius 3 is 2.53 bits per heavy atom. The highest BCUT2D eigenvalue weighted by Gasteiger charge is 2.30. The molecule has 0 aliphatic heterocycles. The maximum absolute atomic E-state index is 10.2. The molecule has 0 aromatic heterocycles. The van der Waals surface area contributed by atoms with Gasteiger partial charge in [-0.05, 0) is 40.9 Å². The van der Waals surface area contributed by atoms with Crippen LogP contribution in [0.15, 0.2) is 16.6 Å². The first-order valence-electron chi connectivity index (χ1n) is 5.62. The van der Waals surface area contributed by atoms with E-state index in [0.29, 0.717) is 16.6 Å². The molecule has 0 atom stereocenters. The quantitative estimate of drug-likeness (QED) is 0.797. The number of rotatable bonds is 3. The maximum atomic E-state index is 10.2. The van der Waals surface area contributed by atoms with Crippen molar-refractivity contribution in [3.63, 3.8) is 0 Å². The average molecular weight is 339 g/mol. The van der Waals surface area contributed by atoms with Crippen LogP contribution in [0, 0.1) is 0 Å². The van der Waals surface area contributed by atoms with E-state index >= 15 is 0 Å². The Bertz CT molecular complexity index is 419. The molecule has 0 heterocycles. The van der Waals surface area contributed by atoms with Crippen LogP contribution in [0.1, 0.15) is 25.7 Å². The molecule has 1 fully saturated rings. The van der Waals surface area contributed by atoms with Gasteiger partial charge in [-0.1, -0.05) is 36.0 Å². The minimum absolute atomic E-state index is 0.489. The number of hydrogen-bond acceptors (Lipinski definition) is 2. The van der Waals surface area contributed by atoms with Crippen LogP contribution in [-0.4, -0.2) is 17.3 Å². The number of aliphatic hydroxyl groups is 1. The predicted octanol–water partition coefficient (Wildman–Crippen LogP) is 4.47. The number of benzene rings is 1. The van der Waals surface area contributed by atoms with Gasteiger partial charge >= 0.3 is 0 Å². The highest BCUT2D eigenvalue weighted by molar-refractivity contribution is 9.10. The smallest absolute Gasteiger partial charge is 0.0835 e. The zero-order valence-corrected chi connectivity index (χ0v) is 12.4. The van der Waals surface area contributed by atoms with Crippen LogP contribution >= 0.6 is 39.1 Å². The summed E-state index contributed by atoms with van der Waals surface area (Å²) in [7, 11) is 0. The fraction of sp³-hybridized carbons (Fsp3) is 0.500. The predicted molar refractivity (Wildman–Crippen MR) is 76.1 cm³/mol. The molecule has 0 spiro atoms. The number of hydrogen-bond donors (Lipinski definition) is 2. The summed E-state index contributed by atoms with van der Waals surface area (Å²) in [6, 6.07) is 3.70. The van der Waals surface area contributed by atoms with Crippen LogP contribution in [0.2, 0.25) is 10.0 Å². The van der Waals surface area contributed by atoms with Gasteiger partial charge in [0.2, 0.25) is 0 Å². The molecule has 1 aliphatic carbocycles. The molecule has 0 bridgehead atoms. The summed E-state index contributed by atoms with van der Waals surface area (Å²) in [6.07, 6.45) is 3.88. The van der Waals surface area contributed by atoms with E-state index < -0.39 is 5.60 Å². The lowest BCUT2D eigenvalue weighted by Crippen LogP contribution is -2.33. The molecule has 2 rings (SSSR count). The molecule has 2 N–H and O–H groups in total. The van der Waals surface area contributed by atoms with Gasteiger partial charge in [0.05, 0.1) is 21.3 Å². The standard InChI is InChI=1S/C12H14BrCl2NO/c13-8-3-4-9(11(15)10(8)14)16-7-12(17)5-1-2-6-12/h3-4,16-17H,1-2,5-7H2. The van der Waals surface area contributed by atoms with Crippen molar-refractivity contribution in [2.45, 2.75) is 31.3 Å². The second kappa shape index (κ2) is 5.35. The summed E-state index contributed by atoms with van der Waals surface area (Å²) in [4.78, 5) is 0. The van der Waals surface area contributed by atoms with Gasteiger partial charge in [0.1, 0.15) is 0 Å². The minimum atomic E-state index is -0.594. The molecule has 1 aliphatic rings. The molecule has 0 saturated heterocycles. The molecule has 1 aromatic carbocycles. The van der Waals surface area contributed by atoms with E-state index in [-0.39, 0.29) is 0 Å². The highest BCUT2D eigenvalue weighted by Crippen LogP contribution is 2.37. The van der Waals surface area contributed by atoms with E-state index in [2.05, 4.69) is 21.2 Å². The molecule has 1 aromatic rings. The Kier molecular flexibility index (Phi) is 4.24. The average Bonchev–Trinajstić information content (AvgIpc) is 2.73. The first kappa shape index (κ1) is 13.5. The lowest BCUT2D eigenvalue weighted by atomic mass is 10.0. The normalized spacial score (nSPS) is 18.4. The minimum Gasteiger partial charge on any atom is -0.388 e. The van der Waals surface area contributed by atoms with Crippen LogP contribution in [0.4, 0.5) is 5.69 Å². The third-order valence-electron chi connectivity index (χ3n) is 3.18. The van der Waals surface area contributed by atoms with Gasteiger partial charge in [0, 0.05) is 11.0 Å². The van der Waals surface area contributed by atoms with Gasteiger partial charge in [-0.15, -0.1) is 0 Å². The van der Waals surface area contributed by atoms with E-state index in [1.54, 1.807) is 0 Å². The van der Waals surface area contributed by atoms with Gasteiger partial charge in [-0.3, -0.25) is 0 Å². The Labute approximate surface area is 119 Å². The molecule has 5 heteroatoms. The zero-order chi connectivity index (χ0) is 12.5. The topological polar surface area (TPSA) is 32.3 Å². The van der Waals surface area contributed by atoms with Crippen molar-refractivity contribution in [1.82, 2.24) is 0 Å². The van der Waals surface area contributed by atoms with Crippen molar-refractivity contribution in [3.05, 3.63) is 26.7 Å². The van der Waals surface area contributed by atoms with Gasteiger partial charge in [0.15, 0.2) is 0 Å². The molecular formula is C12H14BrCl2NO. The number of anilines is 1. The van der Waals surface area contributed by atoms with E-state index in [4.69, 9.17) is 23.2 Å². The number of nitrogens with one attached hydrogen (secondary N) is 1. The summed E-state index contributed by atoms with van der Waals surface area (Å²) in [5.41, 5.74) is 0.170. The fourth-order valence-electron chi connectivity index (χ4n) is 2.13. The van der Waals surface area contributed by atoms with E-state index in [0.717, 1.165) is 35.8 Å². The Hall–Kier alpha value is 0.0400. The molecular weight excluding hydrogens is 325 g/mol. The van der Waals surface area contributed by atoms with Crippen LogP contribution in [-0.2, 0) is 0 Å². The van der Waals surface area contributed by atoms with Gasteiger partial charge in [-0.25, -0.2) is 0 Å². The van der Waals surface area contributed by atoms with Crippen LogP contribution in [0.3, 0.4) is 0 Å². The Morgan fingerprint density at radius 2 is 1.88 bits per heavy atom. The molecule has 17 heavy (non-hydrogen) atoms. The largest absolute Gasteiger partial charge is 0.388 e. The molecule has 1 saturated carbocycles. The van der Waals surface area contributed by atoms with Crippen molar-refractivity contribution < 1.29 is 5.11 Å². The van der Waals surface area contributed by atoms with E-state index in [1.165, 1.54) is 0 Å². The van der Waals surface area contributed by atoms with E-state index in [9.17, 15) is 5.11 Å². The summed E-state index contributed by atoms with van der Waals surface area (Å²) in [6.45, 7) is 0.519. The van der Waals surface area contributed by atoms with Gasteiger partial charge in [-0.2, -0.15) is 0 Å². The summed E-state index contributed by atoms with van der Waals surface area (Å²) >= 11 is 15.5. The van der Waals surface area contributed by atoms with Gasteiger partial charge in [0.25, 0.3) is 0 Å². The zero-order valence-electron chi connectivity index (χ0n) is 9.27. The first-order chi connectivity index (χ1) is 8.02. The van der Waals surface area contributed by atoms with E-state index in [1.807, 2.05) is 12.1 Å². The summed E-state index contributed by atoms with van der Waals surface area (Å²) < 4.78 is 0.772. The van der Waals surface area contributed by atoms with Crippen molar-refractivity contribution in [3.8, 4) is 0 Å².